The second-order valence-corrected chi connectivity index (χ2v) is 8.03. The highest BCUT2D eigenvalue weighted by atomic mass is 32.2. The molecule has 1 N–H and O–H groups in total. The van der Waals surface area contributed by atoms with Crippen LogP contribution in [0.1, 0.15) is 36.5 Å². The summed E-state index contributed by atoms with van der Waals surface area (Å²) in [6, 6.07) is 0.0719. The first-order chi connectivity index (χ1) is 11.8. The Balaban J connectivity index is 1.96. The third-order valence-electron chi connectivity index (χ3n) is 3.82. The van der Waals surface area contributed by atoms with E-state index in [4.69, 9.17) is 4.74 Å². The van der Waals surface area contributed by atoms with Gasteiger partial charge in [-0.2, -0.15) is 0 Å². The minimum atomic E-state index is -0.432. The molecule has 1 atom stereocenters. The van der Waals surface area contributed by atoms with E-state index in [0.717, 1.165) is 27.2 Å². The van der Waals surface area contributed by atoms with Gasteiger partial charge < -0.3 is 10.1 Å². The van der Waals surface area contributed by atoms with Crippen LogP contribution in [0.2, 0.25) is 0 Å². The van der Waals surface area contributed by atoms with Gasteiger partial charge in [-0.15, -0.1) is 11.3 Å². The summed E-state index contributed by atoms with van der Waals surface area (Å²) in [5.41, 5.74) is 1.14. The predicted octanol–water partition coefficient (Wildman–Crippen LogP) is 3.17. The number of hydrogen-bond donors (Lipinski definition) is 1. The molecule has 2 rings (SSSR count). The Morgan fingerprint density at radius 3 is 2.68 bits per heavy atom. The number of fused-ring (bicyclic) bond motifs is 1. The molecule has 0 radical (unpaired) electrons. The SMILES string of the molecule is CC[C@@H](C)NC(=O)COC(=O)CSc1nc(C)nc2sc(C)c(C)c12. The first-order valence-corrected chi connectivity index (χ1v) is 9.94. The van der Waals surface area contributed by atoms with Gasteiger partial charge in [0.05, 0.1) is 5.75 Å². The number of thioether (sulfide) groups is 1. The van der Waals surface area contributed by atoms with Crippen molar-refractivity contribution in [2.45, 2.75) is 52.1 Å². The number of hydrogen-bond acceptors (Lipinski definition) is 7. The molecule has 0 fully saturated rings. The van der Waals surface area contributed by atoms with E-state index in [-0.39, 0.29) is 24.3 Å². The van der Waals surface area contributed by atoms with Crippen molar-refractivity contribution in [3.05, 3.63) is 16.3 Å². The smallest absolute Gasteiger partial charge is 0.316 e. The number of aromatic nitrogens is 2. The molecule has 8 heteroatoms. The zero-order valence-corrected chi connectivity index (χ0v) is 16.8. The van der Waals surface area contributed by atoms with Crippen molar-refractivity contribution < 1.29 is 14.3 Å². The molecule has 0 aliphatic heterocycles. The van der Waals surface area contributed by atoms with Crippen LogP contribution in [0.3, 0.4) is 0 Å². The second-order valence-electron chi connectivity index (χ2n) is 5.87. The molecule has 0 saturated carbocycles. The van der Waals surface area contributed by atoms with Gasteiger partial charge >= 0.3 is 5.97 Å². The van der Waals surface area contributed by atoms with Gasteiger partial charge in [0.1, 0.15) is 15.7 Å². The highest BCUT2D eigenvalue weighted by molar-refractivity contribution is 8.00. The Hall–Kier alpha value is -1.67. The summed E-state index contributed by atoms with van der Waals surface area (Å²) in [4.78, 5) is 34.6. The van der Waals surface area contributed by atoms with Gasteiger partial charge in [-0.05, 0) is 39.7 Å². The second kappa shape index (κ2) is 8.62. The Bertz CT molecular complexity index is 789. The molecule has 0 saturated heterocycles. The molecule has 0 aliphatic carbocycles. The first kappa shape index (κ1) is 19.7. The number of thiophene rings is 1. The van der Waals surface area contributed by atoms with Gasteiger partial charge in [-0.25, -0.2) is 9.97 Å². The molecule has 6 nitrogen and oxygen atoms in total. The third-order valence-corrected chi connectivity index (χ3v) is 5.87. The van der Waals surface area contributed by atoms with Gasteiger partial charge in [0.25, 0.3) is 5.91 Å². The van der Waals surface area contributed by atoms with Gasteiger partial charge in [-0.1, -0.05) is 18.7 Å². The number of aryl methyl sites for hydroxylation is 3. The summed E-state index contributed by atoms with van der Waals surface area (Å²) < 4.78 is 5.04. The summed E-state index contributed by atoms with van der Waals surface area (Å²) >= 11 is 2.95. The van der Waals surface area contributed by atoms with Crippen LogP contribution in [0.25, 0.3) is 10.2 Å². The Labute approximate surface area is 155 Å². The fraction of sp³-hybridized carbons (Fsp3) is 0.529. The van der Waals surface area contributed by atoms with Gasteiger partial charge in [0.15, 0.2) is 6.61 Å². The van der Waals surface area contributed by atoms with Crippen molar-refractivity contribution in [2.75, 3.05) is 12.4 Å². The molecule has 0 spiro atoms. The van der Waals surface area contributed by atoms with Crippen LogP contribution in [0.15, 0.2) is 5.03 Å². The molecule has 136 valence electrons. The molecule has 2 aromatic rings. The quantitative estimate of drug-likeness (QED) is 0.451. The molecule has 1 amide bonds. The summed E-state index contributed by atoms with van der Waals surface area (Å²) in [7, 11) is 0. The third kappa shape index (κ3) is 5.15. The van der Waals surface area contributed by atoms with Crippen LogP contribution in [0, 0.1) is 20.8 Å². The highest BCUT2D eigenvalue weighted by Gasteiger charge is 2.16. The van der Waals surface area contributed by atoms with E-state index in [1.807, 2.05) is 27.7 Å². The number of carbonyl (C=O) groups is 2. The number of esters is 1. The molecule has 0 bridgehead atoms. The fourth-order valence-electron chi connectivity index (χ4n) is 2.15. The van der Waals surface area contributed by atoms with Crippen molar-refractivity contribution in [1.82, 2.24) is 15.3 Å². The van der Waals surface area contributed by atoms with Crippen LogP contribution in [0.5, 0.6) is 0 Å². The number of carbonyl (C=O) groups excluding carboxylic acids is 2. The number of rotatable bonds is 7. The Kier molecular flexibility index (Phi) is 6.78. The molecule has 0 unspecified atom stereocenters. The van der Waals surface area contributed by atoms with Gasteiger partial charge in [-0.3, -0.25) is 9.59 Å². The van der Waals surface area contributed by atoms with E-state index in [2.05, 4.69) is 22.2 Å². The molecule has 2 heterocycles. The minimum absolute atomic E-state index is 0.0719. The van der Waals surface area contributed by atoms with E-state index in [1.54, 1.807) is 11.3 Å². The van der Waals surface area contributed by atoms with Gasteiger partial charge in [0.2, 0.25) is 0 Å². The zero-order chi connectivity index (χ0) is 18.6. The average molecular weight is 382 g/mol. The summed E-state index contributed by atoms with van der Waals surface area (Å²) in [6.07, 6.45) is 0.831. The van der Waals surface area contributed by atoms with E-state index < -0.39 is 5.97 Å². The van der Waals surface area contributed by atoms with E-state index in [1.165, 1.54) is 16.6 Å². The molecular formula is C17H23N3O3S2. The lowest BCUT2D eigenvalue weighted by Gasteiger charge is -2.11. The number of ether oxygens (including phenoxy) is 1. The topological polar surface area (TPSA) is 81.2 Å². The van der Waals surface area contributed by atoms with Crippen LogP contribution in [-0.2, 0) is 14.3 Å². The normalized spacial score (nSPS) is 12.2. The van der Waals surface area contributed by atoms with E-state index in [9.17, 15) is 9.59 Å². The summed E-state index contributed by atoms with van der Waals surface area (Å²) in [5.74, 6) is 0.0735. The van der Waals surface area contributed by atoms with Crippen molar-refractivity contribution in [3.63, 3.8) is 0 Å². The lowest BCUT2D eigenvalue weighted by atomic mass is 10.2. The van der Waals surface area contributed by atoms with Crippen LogP contribution < -0.4 is 5.32 Å². The summed E-state index contributed by atoms with van der Waals surface area (Å²) in [6.45, 7) is 9.56. The van der Waals surface area contributed by atoms with Crippen LogP contribution in [-0.4, -0.2) is 40.2 Å². The molecule has 0 aromatic carbocycles. The van der Waals surface area contributed by atoms with Crippen LogP contribution >= 0.6 is 23.1 Å². The largest absolute Gasteiger partial charge is 0.455 e. The van der Waals surface area contributed by atoms with E-state index in [0.29, 0.717) is 5.82 Å². The predicted molar refractivity (Wildman–Crippen MR) is 101 cm³/mol. The standard InChI is InChI=1S/C17H23N3O3S2/c1-6-9(2)18-13(21)7-23-14(22)8-24-16-15-10(3)11(4)25-17(15)20-12(5)19-16/h9H,6-8H2,1-5H3,(H,18,21)/t9-/m1/s1. The molecule has 25 heavy (non-hydrogen) atoms. The fourth-order valence-corrected chi connectivity index (χ4v) is 4.22. The molecule has 0 aliphatic rings. The minimum Gasteiger partial charge on any atom is -0.455 e. The monoisotopic (exact) mass is 381 g/mol. The molecule has 2 aromatic heterocycles. The van der Waals surface area contributed by atoms with E-state index >= 15 is 0 Å². The number of amides is 1. The first-order valence-electron chi connectivity index (χ1n) is 8.14. The zero-order valence-electron chi connectivity index (χ0n) is 15.1. The molecular weight excluding hydrogens is 358 g/mol. The van der Waals surface area contributed by atoms with Crippen LogP contribution in [0.4, 0.5) is 0 Å². The maximum Gasteiger partial charge on any atom is 0.316 e. The lowest BCUT2D eigenvalue weighted by Crippen LogP contribution is -2.35. The van der Waals surface area contributed by atoms with Crippen molar-refractivity contribution in [1.29, 1.82) is 0 Å². The lowest BCUT2D eigenvalue weighted by molar-refractivity contribution is -0.146. The maximum atomic E-state index is 11.9. The highest BCUT2D eigenvalue weighted by Crippen LogP contribution is 2.35. The summed E-state index contributed by atoms with van der Waals surface area (Å²) in [5, 5.41) is 4.54. The van der Waals surface area contributed by atoms with Gasteiger partial charge in [0, 0.05) is 16.3 Å². The Morgan fingerprint density at radius 2 is 2.00 bits per heavy atom. The van der Waals surface area contributed by atoms with Crippen molar-refractivity contribution in [3.8, 4) is 0 Å². The number of nitrogens with one attached hydrogen (secondary N) is 1. The van der Waals surface area contributed by atoms with Crippen molar-refractivity contribution >= 4 is 45.2 Å². The van der Waals surface area contributed by atoms with Crippen molar-refractivity contribution in [2.24, 2.45) is 0 Å². The number of nitrogens with zero attached hydrogens (tertiary/aromatic N) is 2. The Morgan fingerprint density at radius 1 is 1.28 bits per heavy atom. The maximum absolute atomic E-state index is 11.9. The average Bonchev–Trinajstić information content (AvgIpc) is 2.84.